The van der Waals surface area contributed by atoms with E-state index in [4.69, 9.17) is 4.74 Å². The van der Waals surface area contributed by atoms with Crippen LogP contribution in [0.25, 0.3) is 0 Å². The number of hydrogen-bond acceptors (Lipinski definition) is 4. The van der Waals surface area contributed by atoms with Crippen LogP contribution in [0.5, 0.6) is 0 Å². The van der Waals surface area contributed by atoms with Gasteiger partial charge in [0.1, 0.15) is 11.6 Å². The van der Waals surface area contributed by atoms with Crippen molar-refractivity contribution in [2.24, 2.45) is 0 Å². The van der Waals surface area contributed by atoms with Gasteiger partial charge >= 0.3 is 0 Å². The van der Waals surface area contributed by atoms with Crippen molar-refractivity contribution in [3.05, 3.63) is 11.8 Å². The van der Waals surface area contributed by atoms with Crippen molar-refractivity contribution in [2.45, 2.75) is 83.1 Å². The van der Waals surface area contributed by atoms with Crippen molar-refractivity contribution in [3.63, 3.8) is 0 Å². The molecule has 142 valence electrons. The minimum atomic E-state index is -0.306. The molecule has 0 spiro atoms. The smallest absolute Gasteiger partial charge is 0.263 e. The van der Waals surface area contributed by atoms with Crippen LogP contribution in [0.4, 0.5) is 0 Å². The zero-order valence-electron chi connectivity index (χ0n) is 15.8. The molecule has 0 aromatic rings. The minimum Gasteiger partial charge on any atom is -0.387 e. The van der Waals surface area contributed by atoms with Gasteiger partial charge in [0.05, 0.1) is 0 Å². The number of nitriles is 1. The summed E-state index contributed by atoms with van der Waals surface area (Å²) in [5, 5.41) is 15.3. The van der Waals surface area contributed by atoms with Crippen molar-refractivity contribution < 1.29 is 9.53 Å². The zero-order valence-corrected chi connectivity index (χ0v) is 15.8. The summed E-state index contributed by atoms with van der Waals surface area (Å²) in [6.45, 7) is 1.13. The Balaban J connectivity index is 2.45. The fourth-order valence-corrected chi connectivity index (χ4v) is 3.19. The van der Waals surface area contributed by atoms with E-state index in [1.54, 1.807) is 13.3 Å². The Labute approximate surface area is 153 Å². The van der Waals surface area contributed by atoms with Crippen molar-refractivity contribution in [2.75, 3.05) is 20.3 Å². The predicted molar refractivity (Wildman–Crippen MR) is 101 cm³/mol. The van der Waals surface area contributed by atoms with Crippen molar-refractivity contribution in [3.8, 4) is 6.07 Å². The number of carbonyl (C=O) groups is 1. The van der Waals surface area contributed by atoms with Gasteiger partial charge in [-0.1, -0.05) is 57.8 Å². The molecule has 0 aromatic heterocycles. The Bertz CT molecular complexity index is 417. The zero-order chi connectivity index (χ0) is 18.2. The summed E-state index contributed by atoms with van der Waals surface area (Å²) in [6, 6.07) is 2.37. The SMILES string of the molecule is COCCCNC(=O)/C(C#N)=C\NC1CCCCCCCCCCC1. The van der Waals surface area contributed by atoms with Gasteiger partial charge in [0.15, 0.2) is 0 Å². The normalized spacial score (nSPS) is 18.5. The molecule has 0 aromatic carbocycles. The third kappa shape index (κ3) is 10.8. The van der Waals surface area contributed by atoms with Crippen LogP contribution in [-0.4, -0.2) is 32.2 Å². The van der Waals surface area contributed by atoms with Gasteiger partial charge in [-0.25, -0.2) is 0 Å². The highest BCUT2D eigenvalue weighted by atomic mass is 16.5. The molecule has 1 aliphatic rings. The molecule has 0 saturated heterocycles. The van der Waals surface area contributed by atoms with E-state index in [1.807, 2.05) is 6.07 Å². The average molecular weight is 350 g/mol. The van der Waals surface area contributed by atoms with E-state index in [1.165, 1.54) is 57.8 Å². The van der Waals surface area contributed by atoms with Crippen molar-refractivity contribution in [1.29, 1.82) is 5.26 Å². The maximum absolute atomic E-state index is 12.0. The number of nitrogens with one attached hydrogen (secondary N) is 2. The quantitative estimate of drug-likeness (QED) is 0.416. The first-order valence-corrected chi connectivity index (χ1v) is 9.91. The summed E-state index contributed by atoms with van der Waals surface area (Å²) in [5.41, 5.74) is 0.156. The highest BCUT2D eigenvalue weighted by Gasteiger charge is 2.11. The van der Waals surface area contributed by atoms with Crippen LogP contribution in [0.1, 0.15) is 77.0 Å². The summed E-state index contributed by atoms with van der Waals surface area (Å²) in [6.07, 6.45) is 16.4. The summed E-state index contributed by atoms with van der Waals surface area (Å²) in [4.78, 5) is 12.0. The first-order chi connectivity index (χ1) is 12.3. The molecule has 1 aliphatic carbocycles. The molecule has 1 rings (SSSR count). The highest BCUT2D eigenvalue weighted by molar-refractivity contribution is 5.97. The lowest BCUT2D eigenvalue weighted by molar-refractivity contribution is -0.117. The maximum atomic E-state index is 12.0. The number of hydrogen-bond donors (Lipinski definition) is 2. The predicted octanol–water partition coefficient (Wildman–Crippen LogP) is 3.81. The van der Waals surface area contributed by atoms with Gasteiger partial charge in [0.2, 0.25) is 0 Å². The van der Waals surface area contributed by atoms with E-state index in [9.17, 15) is 10.1 Å². The van der Waals surface area contributed by atoms with E-state index < -0.39 is 0 Å². The van der Waals surface area contributed by atoms with Gasteiger partial charge < -0.3 is 15.4 Å². The fraction of sp³-hybridized carbons (Fsp3) is 0.800. The standard InChI is InChI=1S/C20H35N3O2/c1-25-15-11-14-22-20(24)18(16-21)17-23-19-12-9-7-5-3-2-4-6-8-10-13-19/h17,19,23H,2-15H2,1H3,(H,22,24)/b18-17-. The molecule has 0 unspecified atom stereocenters. The molecule has 0 bridgehead atoms. The molecule has 2 N–H and O–H groups in total. The molecule has 5 nitrogen and oxygen atoms in total. The summed E-state index contributed by atoms with van der Waals surface area (Å²) < 4.78 is 4.95. The Kier molecular flexibility index (Phi) is 12.7. The lowest BCUT2D eigenvalue weighted by Gasteiger charge is -2.18. The summed E-state index contributed by atoms with van der Waals surface area (Å²) in [7, 11) is 1.63. The minimum absolute atomic E-state index is 0.156. The van der Waals surface area contributed by atoms with Crippen LogP contribution in [0.2, 0.25) is 0 Å². The summed E-state index contributed by atoms with van der Waals surface area (Å²) >= 11 is 0. The largest absolute Gasteiger partial charge is 0.387 e. The molecule has 0 atom stereocenters. The van der Waals surface area contributed by atoms with Crippen LogP contribution >= 0.6 is 0 Å². The monoisotopic (exact) mass is 349 g/mol. The molecule has 5 heteroatoms. The topological polar surface area (TPSA) is 74.1 Å². The molecule has 1 saturated carbocycles. The molecule has 1 fully saturated rings. The van der Waals surface area contributed by atoms with Crippen molar-refractivity contribution in [1.82, 2.24) is 10.6 Å². The van der Waals surface area contributed by atoms with Gasteiger partial charge in [0.25, 0.3) is 5.91 Å². The first kappa shape index (κ1) is 21.5. The molecular formula is C20H35N3O2. The number of ether oxygens (including phenoxy) is 1. The van der Waals surface area contributed by atoms with E-state index in [2.05, 4.69) is 10.6 Å². The van der Waals surface area contributed by atoms with E-state index in [0.29, 0.717) is 19.2 Å². The lowest BCUT2D eigenvalue weighted by Crippen LogP contribution is -2.29. The van der Waals surface area contributed by atoms with E-state index >= 15 is 0 Å². The number of amides is 1. The molecular weight excluding hydrogens is 314 g/mol. The fourth-order valence-electron chi connectivity index (χ4n) is 3.19. The molecule has 0 heterocycles. The van der Waals surface area contributed by atoms with Crippen LogP contribution < -0.4 is 10.6 Å². The van der Waals surface area contributed by atoms with E-state index in [-0.39, 0.29) is 11.5 Å². The summed E-state index contributed by atoms with van der Waals surface area (Å²) in [5.74, 6) is -0.306. The molecule has 0 radical (unpaired) electrons. The van der Waals surface area contributed by atoms with Crippen molar-refractivity contribution >= 4 is 5.91 Å². The lowest BCUT2D eigenvalue weighted by atomic mass is 9.98. The Morgan fingerprint density at radius 3 is 2.16 bits per heavy atom. The van der Waals surface area contributed by atoms with Crippen LogP contribution in [0, 0.1) is 11.3 Å². The molecule has 1 amide bonds. The maximum Gasteiger partial charge on any atom is 0.263 e. The Hall–Kier alpha value is -1.54. The third-order valence-electron chi connectivity index (χ3n) is 4.74. The van der Waals surface area contributed by atoms with Gasteiger partial charge in [-0.15, -0.1) is 0 Å². The number of carbonyl (C=O) groups excluding carboxylic acids is 1. The molecule has 25 heavy (non-hydrogen) atoms. The average Bonchev–Trinajstić information content (AvgIpc) is 2.61. The van der Waals surface area contributed by atoms with Gasteiger partial charge in [-0.05, 0) is 19.3 Å². The number of nitrogens with zero attached hydrogens (tertiary/aromatic N) is 1. The second-order valence-electron chi connectivity index (χ2n) is 6.89. The van der Waals surface area contributed by atoms with Gasteiger partial charge in [0, 0.05) is 32.5 Å². The van der Waals surface area contributed by atoms with Crippen LogP contribution in [-0.2, 0) is 9.53 Å². The number of rotatable bonds is 7. The Morgan fingerprint density at radius 2 is 1.64 bits per heavy atom. The van der Waals surface area contributed by atoms with E-state index in [0.717, 1.165) is 19.3 Å². The second kappa shape index (κ2) is 14.8. The Morgan fingerprint density at radius 1 is 1.08 bits per heavy atom. The van der Waals surface area contributed by atoms with Gasteiger partial charge in [-0.2, -0.15) is 5.26 Å². The first-order valence-electron chi connectivity index (χ1n) is 9.91. The second-order valence-corrected chi connectivity index (χ2v) is 6.89. The third-order valence-corrected chi connectivity index (χ3v) is 4.74. The van der Waals surface area contributed by atoms with Gasteiger partial charge in [-0.3, -0.25) is 4.79 Å². The van der Waals surface area contributed by atoms with Crippen LogP contribution in [0.15, 0.2) is 11.8 Å². The highest BCUT2D eigenvalue weighted by Crippen LogP contribution is 2.17. The number of methoxy groups -OCH3 is 1. The molecule has 0 aliphatic heterocycles. The van der Waals surface area contributed by atoms with Crippen LogP contribution in [0.3, 0.4) is 0 Å².